The Bertz CT molecular complexity index is 816. The minimum atomic E-state index is -1.19. The molecule has 1 unspecified atom stereocenters. The van der Waals surface area contributed by atoms with Crippen molar-refractivity contribution in [3.05, 3.63) is 46.7 Å². The maximum Gasteiger partial charge on any atom is 0.338 e. The minimum absolute atomic E-state index is 0.00104. The molecule has 132 valence electrons. The lowest BCUT2D eigenvalue weighted by atomic mass is 9.95. The number of aromatic nitrogens is 4. The van der Waals surface area contributed by atoms with Gasteiger partial charge in [-0.1, -0.05) is 11.2 Å². The number of anilines is 1. The van der Waals surface area contributed by atoms with Crippen molar-refractivity contribution >= 4 is 11.9 Å². The van der Waals surface area contributed by atoms with Crippen LogP contribution in [0, 0.1) is 11.6 Å². The van der Waals surface area contributed by atoms with Crippen molar-refractivity contribution in [2.24, 2.45) is 0 Å². The zero-order valence-electron chi connectivity index (χ0n) is 13.5. The van der Waals surface area contributed by atoms with E-state index in [0.717, 1.165) is 16.8 Å². The Labute approximate surface area is 141 Å². The molecule has 2 aromatic rings. The van der Waals surface area contributed by atoms with Gasteiger partial charge in [0.15, 0.2) is 0 Å². The fraction of sp³-hybridized carbons (Fsp3) is 0.333. The molecule has 1 aromatic heterocycles. The molecule has 3 rings (SSSR count). The number of rotatable bonds is 5. The fourth-order valence-corrected chi connectivity index (χ4v) is 2.61. The number of halogens is 2. The van der Waals surface area contributed by atoms with Gasteiger partial charge in [0.1, 0.15) is 24.3 Å². The summed E-state index contributed by atoms with van der Waals surface area (Å²) in [6, 6.07) is 2.26. The first kappa shape index (κ1) is 17.0. The van der Waals surface area contributed by atoms with Crippen molar-refractivity contribution in [1.82, 2.24) is 20.2 Å². The third kappa shape index (κ3) is 3.07. The number of nitrogens with zero attached hydrogens (tertiary/aromatic N) is 4. The first-order chi connectivity index (χ1) is 12.0. The summed E-state index contributed by atoms with van der Waals surface area (Å²) in [4.78, 5) is 12.5. The summed E-state index contributed by atoms with van der Waals surface area (Å²) in [5.74, 6) is -2.21. The summed E-state index contributed by atoms with van der Waals surface area (Å²) in [5.41, 5.74) is 0.0212. The van der Waals surface area contributed by atoms with Crippen LogP contribution in [0.25, 0.3) is 0 Å². The molecule has 25 heavy (non-hydrogen) atoms. The Morgan fingerprint density at radius 3 is 2.72 bits per heavy atom. The molecule has 1 N–H and O–H groups in total. The van der Waals surface area contributed by atoms with Gasteiger partial charge < -0.3 is 14.8 Å². The number of carbonyl (C=O) groups is 1. The van der Waals surface area contributed by atoms with Crippen LogP contribution in [-0.2, 0) is 14.3 Å². The van der Waals surface area contributed by atoms with E-state index in [1.165, 1.54) is 13.2 Å². The number of benzene rings is 1. The normalized spacial score (nSPS) is 16.4. The predicted molar refractivity (Wildman–Crippen MR) is 81.5 cm³/mol. The zero-order valence-corrected chi connectivity index (χ0v) is 13.5. The van der Waals surface area contributed by atoms with E-state index < -0.39 is 23.6 Å². The maximum atomic E-state index is 14.4. The summed E-state index contributed by atoms with van der Waals surface area (Å²) < 4.78 is 39.8. The van der Waals surface area contributed by atoms with Crippen LogP contribution in [0.15, 0.2) is 29.5 Å². The number of carbonyl (C=O) groups excluding carboxylic acids is 1. The molecule has 1 aromatic carbocycles. The van der Waals surface area contributed by atoms with Crippen molar-refractivity contribution in [2.75, 3.05) is 25.6 Å². The molecule has 0 bridgehead atoms. The van der Waals surface area contributed by atoms with Gasteiger partial charge in [-0.3, -0.25) is 0 Å². The average molecular weight is 351 g/mol. The molecular weight excluding hydrogens is 336 g/mol. The molecule has 1 atom stereocenters. The van der Waals surface area contributed by atoms with Gasteiger partial charge in [0.05, 0.1) is 17.7 Å². The second-order valence-electron chi connectivity index (χ2n) is 5.28. The first-order valence-electron chi connectivity index (χ1n) is 7.40. The summed E-state index contributed by atoms with van der Waals surface area (Å²) >= 11 is 0. The first-order valence-corrected chi connectivity index (χ1v) is 7.40. The number of ether oxygens (including phenoxy) is 2. The number of allylic oxidation sites excluding steroid dienone is 1. The largest absolute Gasteiger partial charge is 0.460 e. The van der Waals surface area contributed by atoms with E-state index in [2.05, 4.69) is 20.8 Å². The van der Waals surface area contributed by atoms with Gasteiger partial charge in [-0.25, -0.2) is 13.6 Å². The molecular formula is C15H15F2N5O3. The molecule has 0 aliphatic carbocycles. The number of esters is 1. The van der Waals surface area contributed by atoms with Gasteiger partial charge >= 0.3 is 5.97 Å². The van der Waals surface area contributed by atoms with Crippen LogP contribution in [0.5, 0.6) is 0 Å². The number of methoxy groups -OCH3 is 1. The van der Waals surface area contributed by atoms with Crippen LogP contribution < -0.4 is 5.32 Å². The van der Waals surface area contributed by atoms with Crippen LogP contribution in [0.4, 0.5) is 14.7 Å². The van der Waals surface area contributed by atoms with Gasteiger partial charge in [0.2, 0.25) is 5.95 Å². The predicted octanol–water partition coefficient (Wildman–Crippen LogP) is 1.43. The summed E-state index contributed by atoms with van der Waals surface area (Å²) in [6.07, 6.45) is 0. The minimum Gasteiger partial charge on any atom is -0.460 e. The van der Waals surface area contributed by atoms with Crippen LogP contribution >= 0.6 is 0 Å². The topological polar surface area (TPSA) is 91.2 Å². The third-order valence-electron chi connectivity index (χ3n) is 3.73. The summed E-state index contributed by atoms with van der Waals surface area (Å²) in [7, 11) is 1.46. The lowest BCUT2D eigenvalue weighted by Gasteiger charge is -2.27. The molecule has 0 spiro atoms. The molecule has 0 saturated heterocycles. The smallest absolute Gasteiger partial charge is 0.338 e. The number of fused-ring (bicyclic) bond motifs is 1. The van der Waals surface area contributed by atoms with Crippen LogP contribution in [-0.4, -0.2) is 46.5 Å². The van der Waals surface area contributed by atoms with E-state index in [1.807, 2.05) is 0 Å². The second kappa shape index (κ2) is 6.93. The fourth-order valence-electron chi connectivity index (χ4n) is 2.61. The number of hydrogen-bond donors (Lipinski definition) is 1. The Kier molecular flexibility index (Phi) is 4.70. The summed E-state index contributed by atoms with van der Waals surface area (Å²) in [6.45, 7) is 1.78. The quantitative estimate of drug-likeness (QED) is 0.644. The zero-order chi connectivity index (χ0) is 18.0. The van der Waals surface area contributed by atoms with Crippen molar-refractivity contribution in [1.29, 1.82) is 0 Å². The molecule has 8 nitrogen and oxygen atoms in total. The van der Waals surface area contributed by atoms with Crippen molar-refractivity contribution < 1.29 is 23.0 Å². The van der Waals surface area contributed by atoms with Crippen molar-refractivity contribution in [2.45, 2.75) is 13.0 Å². The van der Waals surface area contributed by atoms with E-state index in [4.69, 9.17) is 9.47 Å². The lowest BCUT2D eigenvalue weighted by molar-refractivity contribution is -0.140. The highest BCUT2D eigenvalue weighted by atomic mass is 19.1. The summed E-state index contributed by atoms with van der Waals surface area (Å²) in [5, 5.41) is 13.8. The molecule has 0 radical (unpaired) electrons. The van der Waals surface area contributed by atoms with Gasteiger partial charge in [0.25, 0.3) is 0 Å². The van der Waals surface area contributed by atoms with E-state index >= 15 is 0 Å². The van der Waals surface area contributed by atoms with E-state index in [0.29, 0.717) is 5.70 Å². The number of nitrogens with one attached hydrogen (secondary N) is 1. The second-order valence-corrected chi connectivity index (χ2v) is 5.28. The van der Waals surface area contributed by atoms with Crippen molar-refractivity contribution in [3.8, 4) is 0 Å². The molecule has 1 aliphatic rings. The standard InChI is InChI=1S/C15H15F2N5O3/c1-8-11(14(23)25-7-6-24-2)13(22-15(18-8)19-20-21-22)12-9(16)4-3-5-10(12)17/h3-5,13H,6-7H2,1-2H3,(H,18,19,21). The Balaban J connectivity index is 2.09. The average Bonchev–Trinajstić information content (AvgIpc) is 3.02. The van der Waals surface area contributed by atoms with Gasteiger partial charge in [-0.2, -0.15) is 4.68 Å². The molecule has 1 aliphatic heterocycles. The molecule has 0 saturated carbocycles. The van der Waals surface area contributed by atoms with Gasteiger partial charge in [-0.15, -0.1) is 0 Å². The van der Waals surface area contributed by atoms with Gasteiger partial charge in [0, 0.05) is 12.8 Å². The van der Waals surface area contributed by atoms with Crippen LogP contribution in [0.2, 0.25) is 0 Å². The van der Waals surface area contributed by atoms with E-state index in [9.17, 15) is 13.6 Å². The van der Waals surface area contributed by atoms with Crippen LogP contribution in [0.1, 0.15) is 18.5 Å². The van der Waals surface area contributed by atoms with Crippen molar-refractivity contribution in [3.63, 3.8) is 0 Å². The number of hydrogen-bond acceptors (Lipinski definition) is 7. The van der Waals surface area contributed by atoms with Crippen LogP contribution in [0.3, 0.4) is 0 Å². The molecule has 0 fully saturated rings. The molecule has 10 heteroatoms. The highest BCUT2D eigenvalue weighted by Gasteiger charge is 2.38. The monoisotopic (exact) mass is 351 g/mol. The van der Waals surface area contributed by atoms with E-state index in [-0.39, 0.29) is 30.3 Å². The van der Waals surface area contributed by atoms with E-state index in [1.54, 1.807) is 6.92 Å². The Morgan fingerprint density at radius 2 is 2.04 bits per heavy atom. The highest BCUT2D eigenvalue weighted by molar-refractivity contribution is 5.92. The SMILES string of the molecule is COCCOC(=O)C1=C(C)Nc2nnnn2C1c1c(F)cccc1F. The number of tetrazole rings is 1. The molecule has 2 heterocycles. The Morgan fingerprint density at radius 1 is 1.32 bits per heavy atom. The highest BCUT2D eigenvalue weighted by Crippen LogP contribution is 2.37. The molecule has 0 amide bonds. The van der Waals surface area contributed by atoms with Gasteiger partial charge in [-0.05, 0) is 29.5 Å². The maximum absolute atomic E-state index is 14.4. The third-order valence-corrected chi connectivity index (χ3v) is 3.73. The lowest BCUT2D eigenvalue weighted by Crippen LogP contribution is -2.31. The Hall–Kier alpha value is -2.88.